The fraction of sp³-hybridized carbons (Fsp3) is 0.871. The molecule has 196 valence electrons. The molecular weight excluding hydrogens is 402 g/mol. The molecule has 0 rings (SSSR count). The zero-order valence-electron chi connectivity index (χ0n) is 23.3. The molecule has 0 aromatic carbocycles. The Morgan fingerprint density at radius 1 is 0.545 bits per heavy atom. The number of unbranched alkanes of at least 4 members (excludes halogenated alkanes) is 17. The summed E-state index contributed by atoms with van der Waals surface area (Å²) < 4.78 is 5.86. The van der Waals surface area contributed by atoms with Crippen molar-refractivity contribution in [1.82, 2.24) is 4.90 Å². The summed E-state index contributed by atoms with van der Waals surface area (Å²) in [6, 6.07) is 0.541. The molecule has 0 N–H and O–H groups in total. The average molecular weight is 464 g/mol. The first kappa shape index (κ1) is 32.2. The van der Waals surface area contributed by atoms with Crippen molar-refractivity contribution in [2.75, 3.05) is 20.7 Å². The van der Waals surface area contributed by atoms with Crippen LogP contribution in [0.2, 0.25) is 0 Å². The van der Waals surface area contributed by atoms with Gasteiger partial charge in [0.25, 0.3) is 0 Å². The number of allylic oxidation sites excluding steroid dienone is 3. The van der Waals surface area contributed by atoms with Crippen LogP contribution < -0.4 is 0 Å². The van der Waals surface area contributed by atoms with E-state index in [1.54, 1.807) is 0 Å². The van der Waals surface area contributed by atoms with Gasteiger partial charge in [-0.2, -0.15) is 0 Å². The molecule has 0 amide bonds. The summed E-state index contributed by atoms with van der Waals surface area (Å²) in [5.74, 6) is 0. The van der Waals surface area contributed by atoms with E-state index in [2.05, 4.69) is 51.1 Å². The monoisotopic (exact) mass is 463 g/mol. The summed E-state index contributed by atoms with van der Waals surface area (Å²) in [6.07, 6.45) is 37.3. The van der Waals surface area contributed by atoms with Crippen molar-refractivity contribution in [2.45, 2.75) is 155 Å². The largest absolute Gasteiger partial charge is 0.500 e. The zero-order chi connectivity index (χ0) is 24.2. The lowest BCUT2D eigenvalue weighted by atomic mass is 10.0. The number of likely N-dealkylation sites (N-methyl/N-ethyl adjacent to an activating group) is 1. The van der Waals surface area contributed by atoms with Crippen molar-refractivity contribution in [3.05, 3.63) is 24.5 Å². The maximum Gasteiger partial charge on any atom is 0.103 e. The predicted molar refractivity (Wildman–Crippen MR) is 150 cm³/mol. The predicted octanol–water partition coefficient (Wildman–Crippen LogP) is 10.2. The molecule has 0 fully saturated rings. The molecule has 0 spiro atoms. The molecule has 0 unspecified atom stereocenters. The molecular formula is C31H61NO. The smallest absolute Gasteiger partial charge is 0.103 e. The Balaban J connectivity index is 3.49. The minimum Gasteiger partial charge on any atom is -0.500 e. The summed E-state index contributed by atoms with van der Waals surface area (Å²) in [5.41, 5.74) is 0. The average Bonchev–Trinajstić information content (AvgIpc) is 2.81. The normalized spacial score (nSPS) is 13.0. The highest BCUT2D eigenvalue weighted by atomic mass is 16.5. The molecule has 33 heavy (non-hydrogen) atoms. The Morgan fingerprint density at radius 3 is 1.45 bits per heavy atom. The first-order valence-electron chi connectivity index (χ1n) is 14.8. The van der Waals surface area contributed by atoms with E-state index in [9.17, 15) is 0 Å². The van der Waals surface area contributed by atoms with Gasteiger partial charge in [-0.05, 0) is 65.1 Å². The third kappa shape index (κ3) is 25.7. The summed E-state index contributed by atoms with van der Waals surface area (Å²) in [4.78, 5) is 2.33. The van der Waals surface area contributed by atoms with E-state index in [-0.39, 0.29) is 0 Å². The lowest BCUT2D eigenvalue weighted by molar-refractivity contribution is 0.141. The molecule has 0 aliphatic heterocycles. The van der Waals surface area contributed by atoms with Crippen LogP contribution in [0.3, 0.4) is 0 Å². The minimum atomic E-state index is 0.541. The van der Waals surface area contributed by atoms with Crippen LogP contribution in [0.4, 0.5) is 0 Å². The van der Waals surface area contributed by atoms with Crippen molar-refractivity contribution in [3.8, 4) is 0 Å². The third-order valence-corrected chi connectivity index (χ3v) is 6.73. The van der Waals surface area contributed by atoms with E-state index < -0.39 is 0 Å². The van der Waals surface area contributed by atoms with Gasteiger partial charge in [0.15, 0.2) is 0 Å². The maximum absolute atomic E-state index is 5.86. The van der Waals surface area contributed by atoms with Gasteiger partial charge >= 0.3 is 0 Å². The number of hydrogen-bond acceptors (Lipinski definition) is 2. The maximum atomic E-state index is 5.86. The van der Waals surface area contributed by atoms with Crippen LogP contribution in [0, 0.1) is 0 Å². The molecule has 0 aliphatic rings. The van der Waals surface area contributed by atoms with Crippen molar-refractivity contribution < 1.29 is 4.74 Å². The van der Waals surface area contributed by atoms with Crippen molar-refractivity contribution in [1.29, 1.82) is 0 Å². The second-order valence-corrected chi connectivity index (χ2v) is 10.3. The zero-order valence-corrected chi connectivity index (χ0v) is 23.3. The molecule has 0 radical (unpaired) electrons. The molecule has 0 saturated carbocycles. The Kier molecular flexibility index (Phi) is 26.9. The fourth-order valence-electron chi connectivity index (χ4n) is 4.29. The van der Waals surface area contributed by atoms with Crippen LogP contribution in [0.5, 0.6) is 0 Å². The van der Waals surface area contributed by atoms with Gasteiger partial charge in [0, 0.05) is 6.04 Å². The molecule has 0 saturated heterocycles. The van der Waals surface area contributed by atoms with Crippen LogP contribution in [-0.2, 0) is 4.74 Å². The second kappa shape index (κ2) is 27.5. The van der Waals surface area contributed by atoms with E-state index in [1.807, 2.05) is 6.26 Å². The van der Waals surface area contributed by atoms with Gasteiger partial charge in [-0.15, -0.1) is 0 Å². The third-order valence-electron chi connectivity index (χ3n) is 6.73. The summed E-state index contributed by atoms with van der Waals surface area (Å²) >= 11 is 0. The first-order valence-corrected chi connectivity index (χ1v) is 14.8. The van der Waals surface area contributed by atoms with E-state index in [1.165, 1.54) is 128 Å². The Hall–Kier alpha value is -0.760. The molecule has 0 heterocycles. The minimum absolute atomic E-state index is 0.541. The lowest BCUT2D eigenvalue weighted by Crippen LogP contribution is -2.31. The highest BCUT2D eigenvalue weighted by Gasteiger charge is 2.10. The summed E-state index contributed by atoms with van der Waals surface area (Å²) in [7, 11) is 4.37. The molecule has 0 aliphatic carbocycles. The Labute approximate surface area is 209 Å². The molecule has 2 heteroatoms. The van der Waals surface area contributed by atoms with Crippen molar-refractivity contribution >= 4 is 0 Å². The van der Waals surface area contributed by atoms with Crippen LogP contribution in [0.1, 0.15) is 149 Å². The van der Waals surface area contributed by atoms with Crippen molar-refractivity contribution in [2.24, 2.45) is 0 Å². The number of rotatable bonds is 26. The van der Waals surface area contributed by atoms with Crippen LogP contribution in [0.15, 0.2) is 24.5 Å². The van der Waals surface area contributed by atoms with Gasteiger partial charge in [0.2, 0.25) is 0 Å². The first-order chi connectivity index (χ1) is 16.2. The van der Waals surface area contributed by atoms with Gasteiger partial charge < -0.3 is 9.64 Å². The van der Waals surface area contributed by atoms with Gasteiger partial charge in [-0.1, -0.05) is 116 Å². The molecule has 0 aromatic rings. The SMILES string of the molecule is CCCCCCCC/C=C\CCCCCC/C=C\OC[C@H](CCCCCCCCC)N(C)C. The second-order valence-electron chi connectivity index (χ2n) is 10.3. The number of hydrogen-bond donors (Lipinski definition) is 0. The molecule has 2 nitrogen and oxygen atoms in total. The highest BCUT2D eigenvalue weighted by Crippen LogP contribution is 2.13. The molecule has 0 aromatic heterocycles. The quantitative estimate of drug-likeness (QED) is 0.0718. The topological polar surface area (TPSA) is 12.5 Å². The van der Waals surface area contributed by atoms with E-state index in [0.717, 1.165) is 13.0 Å². The van der Waals surface area contributed by atoms with E-state index >= 15 is 0 Å². The van der Waals surface area contributed by atoms with Gasteiger partial charge in [-0.3, -0.25) is 0 Å². The number of ether oxygens (including phenoxy) is 1. The Bertz CT molecular complexity index is 415. The van der Waals surface area contributed by atoms with Crippen LogP contribution >= 0.6 is 0 Å². The van der Waals surface area contributed by atoms with E-state index in [0.29, 0.717) is 6.04 Å². The standard InChI is InChI=1S/C31H61NO/c1-5-7-9-11-13-14-15-16-17-18-19-20-21-23-25-27-29-33-30-31(32(3)4)28-26-24-22-12-10-8-6-2/h16-17,27,29,31H,5-15,18-26,28,30H2,1-4H3/b17-16-,29-27-/t31-/m0/s1. The molecule has 0 bridgehead atoms. The molecule has 1 atom stereocenters. The highest BCUT2D eigenvalue weighted by molar-refractivity contribution is 4.81. The van der Waals surface area contributed by atoms with Gasteiger partial charge in [-0.25, -0.2) is 0 Å². The van der Waals surface area contributed by atoms with Crippen molar-refractivity contribution in [3.63, 3.8) is 0 Å². The van der Waals surface area contributed by atoms with Gasteiger partial charge in [0.05, 0.1) is 6.26 Å². The summed E-state index contributed by atoms with van der Waals surface area (Å²) in [5, 5.41) is 0. The van der Waals surface area contributed by atoms with E-state index in [4.69, 9.17) is 4.74 Å². The Morgan fingerprint density at radius 2 is 0.970 bits per heavy atom. The lowest BCUT2D eigenvalue weighted by Gasteiger charge is -2.23. The fourth-order valence-corrected chi connectivity index (χ4v) is 4.29. The summed E-state index contributed by atoms with van der Waals surface area (Å²) in [6.45, 7) is 5.40. The number of nitrogens with zero attached hydrogens (tertiary/aromatic N) is 1. The van der Waals surface area contributed by atoms with Crippen LogP contribution in [-0.4, -0.2) is 31.6 Å². The van der Waals surface area contributed by atoms with Gasteiger partial charge in [0.1, 0.15) is 6.61 Å². The van der Waals surface area contributed by atoms with Crippen LogP contribution in [0.25, 0.3) is 0 Å².